The van der Waals surface area contributed by atoms with Crippen LogP contribution in [0.1, 0.15) is 49.5 Å². The minimum Gasteiger partial charge on any atom is -0.381 e. The van der Waals surface area contributed by atoms with E-state index in [1.54, 1.807) is 0 Å². The smallest absolute Gasteiger partial charge is 0.144 e. The first-order valence-corrected chi connectivity index (χ1v) is 8.30. The zero-order valence-electron chi connectivity index (χ0n) is 11.0. The summed E-state index contributed by atoms with van der Waals surface area (Å²) in [6.07, 6.45) is 7.27. The number of rotatable bonds is 3. The van der Waals surface area contributed by atoms with Gasteiger partial charge in [-0.05, 0) is 41.1 Å². The Kier molecular flexibility index (Phi) is 4.34. The molecule has 1 atom stereocenters. The molecule has 2 heterocycles. The Balaban J connectivity index is 1.86. The van der Waals surface area contributed by atoms with E-state index in [4.69, 9.17) is 17.0 Å². The monoisotopic (exact) mass is 342 g/mol. The van der Waals surface area contributed by atoms with Gasteiger partial charge < -0.3 is 9.72 Å². The second-order valence-corrected chi connectivity index (χ2v) is 6.81. The van der Waals surface area contributed by atoms with Crippen molar-refractivity contribution in [2.24, 2.45) is 5.92 Å². The molecule has 1 saturated heterocycles. The second kappa shape index (κ2) is 6.02. The summed E-state index contributed by atoms with van der Waals surface area (Å²) in [6.45, 7) is 1.74. The first-order chi connectivity index (χ1) is 9.24. The molecule has 104 valence electrons. The van der Waals surface area contributed by atoms with Crippen LogP contribution in [0.25, 0.3) is 0 Å². The maximum Gasteiger partial charge on any atom is 0.144 e. The van der Waals surface area contributed by atoms with E-state index in [1.807, 2.05) is 0 Å². The van der Waals surface area contributed by atoms with E-state index in [1.165, 1.54) is 31.4 Å². The maximum atomic E-state index is 5.44. The van der Waals surface area contributed by atoms with Gasteiger partial charge in [0, 0.05) is 31.2 Å². The van der Waals surface area contributed by atoms with Crippen LogP contribution in [0.5, 0.6) is 0 Å². The van der Waals surface area contributed by atoms with Gasteiger partial charge in [-0.15, -0.1) is 0 Å². The van der Waals surface area contributed by atoms with E-state index < -0.39 is 0 Å². The maximum absolute atomic E-state index is 5.44. The van der Waals surface area contributed by atoms with Crippen molar-refractivity contribution >= 4 is 28.1 Å². The number of halogens is 1. The van der Waals surface area contributed by atoms with Crippen LogP contribution in [0.4, 0.5) is 0 Å². The summed E-state index contributed by atoms with van der Waals surface area (Å²) in [5.41, 5.74) is 1.27. The molecule has 1 aromatic rings. The van der Waals surface area contributed by atoms with Gasteiger partial charge >= 0.3 is 0 Å². The van der Waals surface area contributed by atoms with Crippen LogP contribution in [0, 0.1) is 10.6 Å². The fourth-order valence-electron chi connectivity index (χ4n) is 3.14. The van der Waals surface area contributed by atoms with Crippen LogP contribution in [0.2, 0.25) is 0 Å². The largest absolute Gasteiger partial charge is 0.381 e. The van der Waals surface area contributed by atoms with Crippen molar-refractivity contribution in [2.75, 3.05) is 13.2 Å². The lowest BCUT2D eigenvalue weighted by atomic mass is 10.0. The quantitative estimate of drug-likeness (QED) is 0.839. The standard InChI is InChI=1S/C14H19BrN2OS/c15-12-13(10-3-1-2-4-10)16-11(17-14(12)19)7-9-5-6-18-8-9/h9-10H,1-8H2,(H,16,17,19). The van der Waals surface area contributed by atoms with E-state index in [0.717, 1.165) is 36.4 Å². The summed E-state index contributed by atoms with van der Waals surface area (Å²) >= 11 is 9.01. The van der Waals surface area contributed by atoms with Crippen molar-refractivity contribution in [1.82, 2.24) is 9.97 Å². The van der Waals surface area contributed by atoms with E-state index in [2.05, 4.69) is 25.9 Å². The molecular formula is C14H19BrN2OS. The van der Waals surface area contributed by atoms with Gasteiger partial charge in [0.15, 0.2) is 0 Å². The molecule has 0 amide bonds. The van der Waals surface area contributed by atoms with E-state index in [0.29, 0.717) is 16.5 Å². The SMILES string of the molecule is S=c1nc(CC2CCOC2)[nH]c(C2CCCC2)c1Br. The Morgan fingerprint density at radius 2 is 2.11 bits per heavy atom. The minimum atomic E-state index is 0.593. The Labute approximate surface area is 127 Å². The Bertz CT molecular complexity index is 505. The van der Waals surface area contributed by atoms with Crippen molar-refractivity contribution in [3.63, 3.8) is 0 Å². The summed E-state index contributed by atoms with van der Waals surface area (Å²) in [6, 6.07) is 0. The summed E-state index contributed by atoms with van der Waals surface area (Å²) in [7, 11) is 0. The second-order valence-electron chi connectivity index (χ2n) is 5.63. The first kappa shape index (κ1) is 13.7. The normalized spacial score (nSPS) is 24.2. The van der Waals surface area contributed by atoms with Crippen LogP contribution in [-0.4, -0.2) is 23.2 Å². The number of aromatic amines is 1. The molecule has 3 nitrogen and oxygen atoms in total. The Hall–Kier alpha value is -0.260. The van der Waals surface area contributed by atoms with Crippen LogP contribution < -0.4 is 0 Å². The summed E-state index contributed by atoms with van der Waals surface area (Å²) in [5.74, 6) is 2.25. The molecule has 1 aliphatic heterocycles. The zero-order valence-corrected chi connectivity index (χ0v) is 13.4. The van der Waals surface area contributed by atoms with Crippen LogP contribution in [0.15, 0.2) is 4.47 Å². The van der Waals surface area contributed by atoms with Gasteiger partial charge in [-0.1, -0.05) is 25.1 Å². The molecule has 0 bridgehead atoms. The van der Waals surface area contributed by atoms with Gasteiger partial charge in [0.2, 0.25) is 0 Å². The lowest BCUT2D eigenvalue weighted by molar-refractivity contribution is 0.185. The molecule has 0 spiro atoms. The van der Waals surface area contributed by atoms with Crippen molar-refractivity contribution in [2.45, 2.75) is 44.4 Å². The molecule has 1 saturated carbocycles. The predicted molar refractivity (Wildman–Crippen MR) is 81.0 cm³/mol. The fourth-order valence-corrected chi connectivity index (χ4v) is 3.87. The highest BCUT2D eigenvalue weighted by molar-refractivity contribution is 9.10. The highest BCUT2D eigenvalue weighted by Gasteiger charge is 2.23. The van der Waals surface area contributed by atoms with Gasteiger partial charge in [-0.2, -0.15) is 0 Å². The molecular weight excluding hydrogens is 324 g/mol. The van der Waals surface area contributed by atoms with Crippen LogP contribution in [-0.2, 0) is 11.2 Å². The van der Waals surface area contributed by atoms with Crippen LogP contribution in [0.3, 0.4) is 0 Å². The number of ether oxygens (including phenoxy) is 1. The number of aromatic nitrogens is 2. The Morgan fingerprint density at radius 3 is 2.79 bits per heavy atom. The summed E-state index contributed by atoms with van der Waals surface area (Å²) in [5, 5.41) is 0. The van der Waals surface area contributed by atoms with Gasteiger partial charge in [0.1, 0.15) is 10.5 Å². The number of nitrogens with one attached hydrogen (secondary N) is 1. The third-order valence-corrected chi connectivity index (χ3v) is 5.57. The molecule has 0 radical (unpaired) electrons. The van der Waals surface area contributed by atoms with Crippen molar-refractivity contribution in [3.8, 4) is 0 Å². The zero-order chi connectivity index (χ0) is 13.2. The number of hydrogen-bond acceptors (Lipinski definition) is 3. The molecule has 1 N–H and O–H groups in total. The average molecular weight is 343 g/mol. The first-order valence-electron chi connectivity index (χ1n) is 7.10. The van der Waals surface area contributed by atoms with Crippen LogP contribution >= 0.6 is 28.1 Å². The Morgan fingerprint density at radius 1 is 1.32 bits per heavy atom. The molecule has 1 unspecified atom stereocenters. The molecule has 2 aliphatic rings. The van der Waals surface area contributed by atoms with Crippen molar-refractivity contribution < 1.29 is 4.74 Å². The number of hydrogen-bond donors (Lipinski definition) is 1. The van der Waals surface area contributed by atoms with Gasteiger partial charge in [-0.3, -0.25) is 0 Å². The number of nitrogens with zero attached hydrogens (tertiary/aromatic N) is 1. The third kappa shape index (κ3) is 3.09. The van der Waals surface area contributed by atoms with Gasteiger partial charge in [0.25, 0.3) is 0 Å². The van der Waals surface area contributed by atoms with Crippen molar-refractivity contribution in [1.29, 1.82) is 0 Å². The van der Waals surface area contributed by atoms with Crippen molar-refractivity contribution in [3.05, 3.63) is 20.6 Å². The lowest BCUT2D eigenvalue weighted by Gasteiger charge is -2.15. The highest BCUT2D eigenvalue weighted by atomic mass is 79.9. The molecule has 1 aromatic heterocycles. The molecule has 0 aromatic carbocycles. The topological polar surface area (TPSA) is 37.9 Å². The van der Waals surface area contributed by atoms with Gasteiger partial charge in [-0.25, -0.2) is 4.98 Å². The number of H-pyrrole nitrogens is 1. The summed E-state index contributed by atoms with van der Waals surface area (Å²) in [4.78, 5) is 8.07. The lowest BCUT2D eigenvalue weighted by Crippen LogP contribution is -2.10. The third-order valence-electron chi connectivity index (χ3n) is 4.21. The van der Waals surface area contributed by atoms with Gasteiger partial charge in [0.05, 0.1) is 4.47 Å². The average Bonchev–Trinajstić information content (AvgIpc) is 3.06. The molecule has 3 rings (SSSR count). The summed E-state index contributed by atoms with van der Waals surface area (Å²) < 4.78 is 7.14. The highest BCUT2D eigenvalue weighted by Crippen LogP contribution is 2.36. The van der Waals surface area contributed by atoms with E-state index >= 15 is 0 Å². The van der Waals surface area contributed by atoms with E-state index in [9.17, 15) is 0 Å². The molecule has 2 fully saturated rings. The predicted octanol–water partition coefficient (Wildman–Crippen LogP) is 4.14. The molecule has 5 heteroatoms. The molecule has 1 aliphatic carbocycles. The van der Waals surface area contributed by atoms with E-state index in [-0.39, 0.29) is 0 Å². The molecule has 19 heavy (non-hydrogen) atoms. The minimum absolute atomic E-state index is 0.593. The fraction of sp³-hybridized carbons (Fsp3) is 0.714.